The van der Waals surface area contributed by atoms with Gasteiger partial charge in [-0.2, -0.15) is 0 Å². The van der Waals surface area contributed by atoms with Crippen LogP contribution in [0.1, 0.15) is 29.0 Å². The summed E-state index contributed by atoms with van der Waals surface area (Å²) in [5, 5.41) is 7.60. The number of hydrogen-bond acceptors (Lipinski definition) is 2. The molecule has 6 nitrogen and oxygen atoms in total. The molecule has 0 spiro atoms. The van der Waals surface area contributed by atoms with Gasteiger partial charge in [-0.1, -0.05) is 78.3 Å². The lowest BCUT2D eigenvalue weighted by Gasteiger charge is -2.20. The Kier molecular flexibility index (Phi) is 8.06. The first kappa shape index (κ1) is 24.4. The van der Waals surface area contributed by atoms with Crippen LogP contribution in [0.2, 0.25) is 5.02 Å². The van der Waals surface area contributed by atoms with Crippen LogP contribution in [-0.4, -0.2) is 42.0 Å². The number of hydrogen-bond donors (Lipinski definition) is 3. The second-order valence-electron chi connectivity index (χ2n) is 8.49. The minimum atomic E-state index is -0.214. The monoisotopic (exact) mass is 488 g/mol. The zero-order valence-corrected chi connectivity index (χ0v) is 20.4. The van der Waals surface area contributed by atoms with Crippen molar-refractivity contribution in [3.05, 3.63) is 107 Å². The summed E-state index contributed by atoms with van der Waals surface area (Å²) in [6.07, 6.45) is 2.17. The molecule has 0 aliphatic rings. The second-order valence-corrected chi connectivity index (χ2v) is 8.90. The molecule has 1 unspecified atom stereocenters. The van der Waals surface area contributed by atoms with E-state index in [0.29, 0.717) is 18.1 Å². The smallest absolute Gasteiger partial charge is 0.317 e. The number of carbonyl (C=O) groups excluding carboxylic acids is 2. The third-order valence-electron chi connectivity index (χ3n) is 6.02. The Labute approximate surface area is 210 Å². The number of urea groups is 1. The van der Waals surface area contributed by atoms with E-state index in [9.17, 15) is 9.59 Å². The quantitative estimate of drug-likeness (QED) is 0.299. The van der Waals surface area contributed by atoms with Crippen molar-refractivity contribution in [1.29, 1.82) is 0 Å². The van der Waals surface area contributed by atoms with Crippen molar-refractivity contribution in [2.24, 2.45) is 0 Å². The van der Waals surface area contributed by atoms with Gasteiger partial charge in [-0.15, -0.1) is 0 Å². The summed E-state index contributed by atoms with van der Waals surface area (Å²) in [5.41, 5.74) is 4.11. The van der Waals surface area contributed by atoms with Gasteiger partial charge >= 0.3 is 6.03 Å². The van der Waals surface area contributed by atoms with E-state index >= 15 is 0 Å². The fraction of sp³-hybridized carbons (Fsp3) is 0.214. The van der Waals surface area contributed by atoms with Crippen molar-refractivity contribution in [1.82, 2.24) is 20.5 Å². The molecule has 180 valence electrons. The Balaban J connectivity index is 1.34. The SMILES string of the molecule is CN(Cc1ccccc1)C(=O)NCCC(=O)NCC(c1ccccc1Cl)c1c[nH]c2ccccc12. The van der Waals surface area contributed by atoms with E-state index in [-0.39, 0.29) is 30.8 Å². The summed E-state index contributed by atoms with van der Waals surface area (Å²) in [6, 6.07) is 25.3. The normalized spacial score (nSPS) is 11.7. The van der Waals surface area contributed by atoms with Crippen molar-refractivity contribution in [3.8, 4) is 0 Å². The molecule has 4 rings (SSSR count). The van der Waals surface area contributed by atoms with Crippen molar-refractivity contribution in [2.45, 2.75) is 18.9 Å². The topological polar surface area (TPSA) is 77.2 Å². The maximum atomic E-state index is 12.6. The second kappa shape index (κ2) is 11.6. The minimum Gasteiger partial charge on any atom is -0.361 e. The predicted octanol–water partition coefficient (Wildman–Crippen LogP) is 5.30. The van der Waals surface area contributed by atoms with Crippen LogP contribution < -0.4 is 10.6 Å². The van der Waals surface area contributed by atoms with E-state index in [1.54, 1.807) is 11.9 Å². The molecule has 3 aromatic carbocycles. The third kappa shape index (κ3) is 6.22. The highest BCUT2D eigenvalue weighted by molar-refractivity contribution is 6.31. The van der Waals surface area contributed by atoms with Crippen LogP contribution in [0.4, 0.5) is 4.79 Å². The van der Waals surface area contributed by atoms with Gasteiger partial charge in [0.15, 0.2) is 0 Å². The van der Waals surface area contributed by atoms with Crippen molar-refractivity contribution in [3.63, 3.8) is 0 Å². The number of halogens is 1. The molecule has 1 aromatic heterocycles. The Hall–Kier alpha value is -3.77. The van der Waals surface area contributed by atoms with Gasteiger partial charge < -0.3 is 20.5 Å². The number of aromatic amines is 1. The summed E-state index contributed by atoms with van der Waals surface area (Å²) >= 11 is 6.53. The van der Waals surface area contributed by atoms with E-state index < -0.39 is 0 Å². The zero-order valence-electron chi connectivity index (χ0n) is 19.6. The lowest BCUT2D eigenvalue weighted by molar-refractivity contribution is -0.120. The largest absolute Gasteiger partial charge is 0.361 e. The number of rotatable bonds is 9. The average Bonchev–Trinajstić information content (AvgIpc) is 3.30. The molecule has 0 aliphatic carbocycles. The average molecular weight is 489 g/mol. The summed E-state index contributed by atoms with van der Waals surface area (Å²) < 4.78 is 0. The minimum absolute atomic E-state index is 0.115. The summed E-state index contributed by atoms with van der Waals surface area (Å²) in [6.45, 7) is 1.16. The third-order valence-corrected chi connectivity index (χ3v) is 6.36. The number of aromatic nitrogens is 1. The number of amides is 3. The molecule has 0 aliphatic heterocycles. The number of benzene rings is 3. The number of nitrogens with one attached hydrogen (secondary N) is 3. The number of fused-ring (bicyclic) bond motifs is 1. The fourth-order valence-corrected chi connectivity index (χ4v) is 4.45. The van der Waals surface area contributed by atoms with Crippen LogP contribution in [-0.2, 0) is 11.3 Å². The number of nitrogens with zero attached hydrogens (tertiary/aromatic N) is 1. The molecule has 0 radical (unpaired) electrons. The Morgan fingerprint density at radius 2 is 1.63 bits per heavy atom. The van der Waals surface area contributed by atoms with Gasteiger partial charge in [0, 0.05) is 61.1 Å². The first-order valence-electron chi connectivity index (χ1n) is 11.6. The molecule has 7 heteroatoms. The van der Waals surface area contributed by atoms with Crippen LogP contribution in [0.3, 0.4) is 0 Å². The van der Waals surface area contributed by atoms with Crippen LogP contribution in [0.5, 0.6) is 0 Å². The van der Waals surface area contributed by atoms with Crippen molar-refractivity contribution < 1.29 is 9.59 Å². The molecule has 0 fully saturated rings. The molecule has 35 heavy (non-hydrogen) atoms. The van der Waals surface area contributed by atoms with Crippen LogP contribution in [0, 0.1) is 0 Å². The summed E-state index contributed by atoms with van der Waals surface area (Å²) in [4.78, 5) is 29.9. The van der Waals surface area contributed by atoms with Gasteiger partial charge in [0.25, 0.3) is 0 Å². The van der Waals surface area contributed by atoms with E-state index in [1.165, 1.54) is 0 Å². The maximum Gasteiger partial charge on any atom is 0.317 e. The molecule has 0 bridgehead atoms. The molecule has 3 N–H and O–H groups in total. The standard InChI is InChI=1S/C28H29ClN4O2/c1-33(19-20-9-3-2-4-10-20)28(35)30-16-15-27(34)32-18-23(21-11-5-7-13-25(21)29)24-17-31-26-14-8-6-12-22(24)26/h2-14,17,23,31H,15-16,18-19H2,1H3,(H,30,35)(H,32,34). The van der Waals surface area contributed by atoms with Gasteiger partial charge in [0.05, 0.1) is 0 Å². The number of carbonyl (C=O) groups is 2. The van der Waals surface area contributed by atoms with Crippen molar-refractivity contribution >= 4 is 34.4 Å². The lowest BCUT2D eigenvalue weighted by Crippen LogP contribution is -2.39. The van der Waals surface area contributed by atoms with E-state index in [4.69, 9.17) is 11.6 Å². The predicted molar refractivity (Wildman–Crippen MR) is 141 cm³/mol. The first-order chi connectivity index (χ1) is 17.0. The Morgan fingerprint density at radius 1 is 0.914 bits per heavy atom. The molecular weight excluding hydrogens is 460 g/mol. The van der Waals surface area contributed by atoms with Crippen LogP contribution >= 0.6 is 11.6 Å². The molecular formula is C28H29ClN4O2. The van der Waals surface area contributed by atoms with Crippen LogP contribution in [0.15, 0.2) is 85.1 Å². The van der Waals surface area contributed by atoms with Gasteiger partial charge in [-0.3, -0.25) is 4.79 Å². The zero-order chi connectivity index (χ0) is 24.6. The molecule has 0 saturated heterocycles. The molecule has 0 saturated carbocycles. The Bertz CT molecular complexity index is 1290. The number of H-pyrrole nitrogens is 1. The van der Waals surface area contributed by atoms with Gasteiger partial charge in [0.1, 0.15) is 0 Å². The summed E-state index contributed by atoms with van der Waals surface area (Å²) in [7, 11) is 1.73. The highest BCUT2D eigenvalue weighted by atomic mass is 35.5. The fourth-order valence-electron chi connectivity index (χ4n) is 4.18. The first-order valence-corrected chi connectivity index (χ1v) is 12.0. The van der Waals surface area contributed by atoms with Crippen LogP contribution in [0.25, 0.3) is 10.9 Å². The number of para-hydroxylation sites is 1. The van der Waals surface area contributed by atoms with Crippen molar-refractivity contribution in [2.75, 3.05) is 20.1 Å². The highest BCUT2D eigenvalue weighted by Gasteiger charge is 2.21. The molecule has 1 heterocycles. The van der Waals surface area contributed by atoms with E-state index in [2.05, 4.69) is 21.7 Å². The van der Waals surface area contributed by atoms with E-state index in [0.717, 1.165) is 27.6 Å². The van der Waals surface area contributed by atoms with Gasteiger partial charge in [0.2, 0.25) is 5.91 Å². The summed E-state index contributed by atoms with van der Waals surface area (Å²) in [5.74, 6) is -0.247. The maximum absolute atomic E-state index is 12.6. The lowest BCUT2D eigenvalue weighted by atomic mass is 9.90. The molecule has 3 amide bonds. The van der Waals surface area contributed by atoms with Gasteiger partial charge in [-0.25, -0.2) is 4.79 Å². The molecule has 4 aromatic rings. The van der Waals surface area contributed by atoms with Gasteiger partial charge in [-0.05, 0) is 28.8 Å². The molecule has 1 atom stereocenters. The highest BCUT2D eigenvalue weighted by Crippen LogP contribution is 2.34. The van der Waals surface area contributed by atoms with E-state index in [1.807, 2.05) is 79.0 Å². The Morgan fingerprint density at radius 3 is 2.43 bits per heavy atom.